The van der Waals surface area contributed by atoms with Crippen LogP contribution >= 0.6 is 0 Å². The minimum atomic E-state index is -0.657. The first kappa shape index (κ1) is 24.0. The highest BCUT2D eigenvalue weighted by Gasteiger charge is 2.43. The number of nitrogens with zero attached hydrogens (tertiary/aromatic N) is 2. The predicted molar refractivity (Wildman–Crippen MR) is 121 cm³/mol. The van der Waals surface area contributed by atoms with Crippen molar-refractivity contribution in [3.05, 3.63) is 35.4 Å². The van der Waals surface area contributed by atoms with E-state index < -0.39 is 6.04 Å². The van der Waals surface area contributed by atoms with Crippen LogP contribution in [0.3, 0.4) is 0 Å². The largest absolute Gasteiger partial charge is 0.375 e. The van der Waals surface area contributed by atoms with Gasteiger partial charge in [0.25, 0.3) is 0 Å². The second-order valence-corrected chi connectivity index (χ2v) is 9.02. The summed E-state index contributed by atoms with van der Waals surface area (Å²) in [6.45, 7) is 8.03. The third-order valence-electron chi connectivity index (χ3n) is 5.93. The van der Waals surface area contributed by atoms with Crippen LogP contribution < -0.4 is 16.0 Å². The molecule has 3 atom stereocenters. The van der Waals surface area contributed by atoms with Gasteiger partial charge in [-0.15, -0.1) is 0 Å². The molecule has 2 fully saturated rings. The fourth-order valence-electron chi connectivity index (χ4n) is 4.49. The average Bonchev–Trinajstić information content (AvgIpc) is 3.05. The molecule has 0 saturated carbocycles. The van der Waals surface area contributed by atoms with Crippen molar-refractivity contribution in [3.8, 4) is 0 Å². The molecule has 9 nitrogen and oxygen atoms in total. The normalized spacial score (nSPS) is 23.6. The maximum atomic E-state index is 13.4. The smallest absolute Gasteiger partial charge is 0.315 e. The van der Waals surface area contributed by atoms with Crippen LogP contribution in [0.5, 0.6) is 0 Å². The number of nitrogens with one attached hydrogen (secondary N) is 3. The van der Waals surface area contributed by atoms with E-state index in [4.69, 9.17) is 4.74 Å². The molecule has 176 valence electrons. The van der Waals surface area contributed by atoms with Crippen molar-refractivity contribution in [2.24, 2.45) is 0 Å². The molecule has 2 aliphatic heterocycles. The number of urea groups is 1. The van der Waals surface area contributed by atoms with Gasteiger partial charge in [0.1, 0.15) is 12.6 Å². The van der Waals surface area contributed by atoms with E-state index >= 15 is 0 Å². The number of ether oxygens (including phenoxy) is 1. The highest BCUT2D eigenvalue weighted by molar-refractivity contribution is 5.89. The van der Waals surface area contributed by atoms with E-state index in [0.717, 1.165) is 0 Å². The summed E-state index contributed by atoms with van der Waals surface area (Å²) in [4.78, 5) is 41.8. The number of methoxy groups -OCH3 is 1. The van der Waals surface area contributed by atoms with Gasteiger partial charge in [-0.1, -0.05) is 24.3 Å². The summed E-state index contributed by atoms with van der Waals surface area (Å²) < 4.78 is 4.92. The maximum absolute atomic E-state index is 13.4. The van der Waals surface area contributed by atoms with Gasteiger partial charge in [-0.25, -0.2) is 4.79 Å². The number of carbonyl (C=O) groups is 3. The Bertz CT molecular complexity index is 830. The third-order valence-corrected chi connectivity index (χ3v) is 5.93. The van der Waals surface area contributed by atoms with E-state index in [1.165, 1.54) is 18.2 Å². The van der Waals surface area contributed by atoms with E-state index in [-0.39, 0.29) is 42.6 Å². The molecule has 0 aromatic heterocycles. The summed E-state index contributed by atoms with van der Waals surface area (Å²) in [5, 5.41) is 8.66. The van der Waals surface area contributed by atoms with Crippen molar-refractivity contribution < 1.29 is 19.1 Å². The Kier molecular flexibility index (Phi) is 8.09. The molecule has 0 bridgehead atoms. The number of amides is 4. The second kappa shape index (κ2) is 10.8. The van der Waals surface area contributed by atoms with E-state index in [2.05, 4.69) is 39.9 Å². The third kappa shape index (κ3) is 6.20. The zero-order valence-electron chi connectivity index (χ0n) is 19.4. The minimum Gasteiger partial charge on any atom is -0.375 e. The molecule has 9 heteroatoms. The monoisotopic (exact) mass is 445 g/mol. The highest BCUT2D eigenvalue weighted by atomic mass is 16.5. The van der Waals surface area contributed by atoms with Crippen LogP contribution in [0, 0.1) is 6.92 Å². The quantitative estimate of drug-likeness (QED) is 0.571. The molecule has 4 amide bonds. The van der Waals surface area contributed by atoms with Gasteiger partial charge in [0.05, 0.1) is 6.04 Å². The Balaban J connectivity index is 1.76. The van der Waals surface area contributed by atoms with Crippen molar-refractivity contribution in [2.75, 3.05) is 33.4 Å². The fraction of sp³-hybridized carbons (Fsp3) is 0.609. The van der Waals surface area contributed by atoms with Crippen molar-refractivity contribution in [2.45, 2.75) is 57.9 Å². The SMILES string of the molecule is COCC(=O)N[C@H]1CN(Cc2ccccc2C)C[C@@H]2C[C@H](NC(=O)NC(C)C)CN2C1=O. The first-order valence-corrected chi connectivity index (χ1v) is 11.2. The van der Waals surface area contributed by atoms with Gasteiger partial charge in [0.15, 0.2) is 0 Å². The lowest BCUT2D eigenvalue weighted by molar-refractivity contribution is -0.137. The van der Waals surface area contributed by atoms with Crippen LogP contribution in [-0.4, -0.2) is 85.2 Å². The van der Waals surface area contributed by atoms with Crippen LogP contribution in [0.15, 0.2) is 24.3 Å². The molecule has 0 unspecified atom stereocenters. The molecular formula is C23H35N5O4. The molecule has 1 aromatic rings. The van der Waals surface area contributed by atoms with Crippen molar-refractivity contribution in [1.82, 2.24) is 25.8 Å². The molecule has 2 aliphatic rings. The maximum Gasteiger partial charge on any atom is 0.315 e. The molecule has 0 spiro atoms. The Morgan fingerprint density at radius 1 is 1.16 bits per heavy atom. The number of benzene rings is 1. The van der Waals surface area contributed by atoms with E-state index in [9.17, 15) is 14.4 Å². The molecule has 0 radical (unpaired) electrons. The van der Waals surface area contributed by atoms with Crippen molar-refractivity contribution >= 4 is 17.8 Å². The average molecular weight is 446 g/mol. The van der Waals surface area contributed by atoms with Crippen LogP contribution in [0.2, 0.25) is 0 Å². The summed E-state index contributed by atoms with van der Waals surface area (Å²) in [6, 6.07) is 7.18. The summed E-state index contributed by atoms with van der Waals surface area (Å²) in [5.74, 6) is -0.425. The zero-order chi connectivity index (χ0) is 23.3. The molecule has 1 aromatic carbocycles. The number of hydrogen-bond donors (Lipinski definition) is 3. The highest BCUT2D eigenvalue weighted by Crippen LogP contribution is 2.25. The first-order valence-electron chi connectivity index (χ1n) is 11.2. The molecule has 2 saturated heterocycles. The second-order valence-electron chi connectivity index (χ2n) is 9.02. The molecule has 0 aliphatic carbocycles. The number of hydrogen-bond acceptors (Lipinski definition) is 5. The standard InChI is InChI=1S/C23H35N5O4/c1-15(2)24-23(31)25-18-9-19-12-27(10-17-8-6-5-7-16(17)3)13-20(22(30)28(19)11-18)26-21(29)14-32-4/h5-8,15,18-20H,9-14H2,1-4H3,(H,26,29)(H2,24,25,31)/t18-,19-,20-/m0/s1. The van der Waals surface area contributed by atoms with Crippen LogP contribution in [0.4, 0.5) is 4.79 Å². The number of fused-ring (bicyclic) bond motifs is 1. The van der Waals surface area contributed by atoms with Crippen LogP contribution in [0.1, 0.15) is 31.4 Å². The lowest BCUT2D eigenvalue weighted by Gasteiger charge is -2.26. The van der Waals surface area contributed by atoms with Crippen molar-refractivity contribution in [1.29, 1.82) is 0 Å². The Hall–Kier alpha value is -2.65. The lowest BCUT2D eigenvalue weighted by Crippen LogP contribution is -2.52. The Morgan fingerprint density at radius 3 is 2.59 bits per heavy atom. The zero-order valence-corrected chi connectivity index (χ0v) is 19.4. The van der Waals surface area contributed by atoms with E-state index in [0.29, 0.717) is 32.6 Å². The molecule has 2 heterocycles. The van der Waals surface area contributed by atoms with Crippen molar-refractivity contribution in [3.63, 3.8) is 0 Å². The van der Waals surface area contributed by atoms with Gasteiger partial charge >= 0.3 is 6.03 Å². The number of rotatable bonds is 7. The van der Waals surface area contributed by atoms with E-state index in [1.54, 1.807) is 0 Å². The molecular weight excluding hydrogens is 410 g/mol. The van der Waals surface area contributed by atoms with Gasteiger partial charge in [-0.3, -0.25) is 14.5 Å². The van der Waals surface area contributed by atoms with Gasteiger partial charge in [0, 0.05) is 45.4 Å². The number of aryl methyl sites for hydroxylation is 1. The predicted octanol–water partition coefficient (Wildman–Crippen LogP) is 0.619. The fourth-order valence-corrected chi connectivity index (χ4v) is 4.49. The van der Waals surface area contributed by atoms with Crippen LogP contribution in [-0.2, 0) is 20.9 Å². The Labute approximate surface area is 189 Å². The van der Waals surface area contributed by atoms with Gasteiger partial charge in [-0.05, 0) is 38.3 Å². The summed E-state index contributed by atoms with van der Waals surface area (Å²) in [7, 11) is 1.45. The van der Waals surface area contributed by atoms with Gasteiger partial charge in [0.2, 0.25) is 11.8 Å². The summed E-state index contributed by atoms with van der Waals surface area (Å²) in [6.07, 6.45) is 0.681. The molecule has 32 heavy (non-hydrogen) atoms. The summed E-state index contributed by atoms with van der Waals surface area (Å²) >= 11 is 0. The molecule has 3 N–H and O–H groups in total. The number of carbonyl (C=O) groups excluding carboxylic acids is 3. The minimum absolute atomic E-state index is 0.0276. The van der Waals surface area contributed by atoms with Gasteiger partial charge < -0.3 is 25.6 Å². The molecule has 3 rings (SSSR count). The van der Waals surface area contributed by atoms with E-state index in [1.807, 2.05) is 30.9 Å². The van der Waals surface area contributed by atoms with Gasteiger partial charge in [-0.2, -0.15) is 0 Å². The topological polar surface area (TPSA) is 103 Å². The summed E-state index contributed by atoms with van der Waals surface area (Å²) in [5.41, 5.74) is 2.38. The first-order chi connectivity index (χ1) is 15.3. The lowest BCUT2D eigenvalue weighted by atomic mass is 10.1. The van der Waals surface area contributed by atoms with Crippen LogP contribution in [0.25, 0.3) is 0 Å². The Morgan fingerprint density at radius 2 is 1.91 bits per heavy atom.